The fraction of sp³-hybridized carbons (Fsp3) is 0.143. The third-order valence-corrected chi connectivity index (χ3v) is 1.80. The molecule has 1 aromatic rings. The molecule has 0 saturated carbocycles. The lowest BCUT2D eigenvalue weighted by molar-refractivity contribution is 0.0674. The lowest BCUT2D eigenvalue weighted by atomic mass is 10.2. The van der Waals surface area contributed by atoms with Crippen LogP contribution in [0.1, 0.15) is 22.5 Å². The Kier molecular flexibility index (Phi) is 3.10. The van der Waals surface area contributed by atoms with Gasteiger partial charge in [0.15, 0.2) is 5.69 Å². The summed E-state index contributed by atoms with van der Waals surface area (Å²) in [7, 11) is 0. The van der Waals surface area contributed by atoms with Crippen molar-refractivity contribution in [3.05, 3.63) is 27.7 Å². The number of hydrogen-bond acceptors (Lipinski definition) is 2. The van der Waals surface area contributed by atoms with Crippen molar-refractivity contribution < 1.29 is 23.1 Å². The van der Waals surface area contributed by atoms with Crippen molar-refractivity contribution in [2.24, 2.45) is 0 Å². The molecule has 0 atom stereocenters. The van der Waals surface area contributed by atoms with Crippen molar-refractivity contribution in [1.29, 1.82) is 0 Å². The lowest BCUT2D eigenvalue weighted by Crippen LogP contribution is -2.09. The summed E-state index contributed by atoms with van der Waals surface area (Å²) in [6.45, 7) is 0. The van der Waals surface area contributed by atoms with E-state index >= 15 is 0 Å². The number of pyridine rings is 1. The van der Waals surface area contributed by atoms with E-state index in [9.17, 15) is 18.0 Å². The largest absolute Gasteiger partial charge is 0.476 e. The predicted octanol–water partition coefficient (Wildman–Crippen LogP) is 2.62. The molecular formula is C7H3BrF3NO2. The maximum Gasteiger partial charge on any atom is 0.355 e. The van der Waals surface area contributed by atoms with Crippen LogP contribution >= 0.6 is 15.9 Å². The minimum absolute atomic E-state index is 0.142. The maximum absolute atomic E-state index is 12.9. The standard InChI is InChI=1S/C7H3BrF3NO2/c8-3-1-2(9)4(6(10)11)5(12-3)7(13)14/h1,6H,(H,13,14). The summed E-state index contributed by atoms with van der Waals surface area (Å²) in [6, 6.07) is 0.688. The number of rotatable bonds is 2. The van der Waals surface area contributed by atoms with Crippen molar-refractivity contribution in [3.8, 4) is 0 Å². The molecule has 1 N–H and O–H groups in total. The molecular weight excluding hydrogens is 267 g/mol. The minimum atomic E-state index is -3.21. The number of carboxylic acids is 1. The van der Waals surface area contributed by atoms with Crippen LogP contribution in [-0.4, -0.2) is 16.1 Å². The van der Waals surface area contributed by atoms with Crippen molar-refractivity contribution >= 4 is 21.9 Å². The van der Waals surface area contributed by atoms with E-state index in [0.29, 0.717) is 6.07 Å². The van der Waals surface area contributed by atoms with Gasteiger partial charge in [-0.25, -0.2) is 22.9 Å². The van der Waals surface area contributed by atoms with Gasteiger partial charge in [0, 0.05) is 6.07 Å². The number of alkyl halides is 2. The number of aromatic nitrogens is 1. The van der Waals surface area contributed by atoms with Crippen LogP contribution in [0.15, 0.2) is 10.7 Å². The molecule has 0 aliphatic carbocycles. The van der Waals surface area contributed by atoms with Gasteiger partial charge in [-0.05, 0) is 15.9 Å². The van der Waals surface area contributed by atoms with Gasteiger partial charge in [-0.2, -0.15) is 0 Å². The van der Waals surface area contributed by atoms with Gasteiger partial charge in [-0.3, -0.25) is 0 Å². The summed E-state index contributed by atoms with van der Waals surface area (Å²) < 4.78 is 37.2. The summed E-state index contributed by atoms with van der Waals surface area (Å²) in [6.07, 6.45) is -3.21. The van der Waals surface area contributed by atoms with E-state index in [4.69, 9.17) is 5.11 Å². The van der Waals surface area contributed by atoms with Gasteiger partial charge in [0.25, 0.3) is 6.43 Å². The van der Waals surface area contributed by atoms with Crippen LogP contribution in [0.2, 0.25) is 0 Å². The van der Waals surface area contributed by atoms with Gasteiger partial charge < -0.3 is 5.11 Å². The number of hydrogen-bond donors (Lipinski definition) is 1. The highest BCUT2D eigenvalue weighted by atomic mass is 79.9. The predicted molar refractivity (Wildman–Crippen MR) is 43.8 cm³/mol. The normalized spacial score (nSPS) is 10.6. The van der Waals surface area contributed by atoms with Crippen LogP contribution < -0.4 is 0 Å². The summed E-state index contributed by atoms with van der Waals surface area (Å²) in [4.78, 5) is 13.7. The molecule has 7 heteroatoms. The van der Waals surface area contributed by atoms with E-state index in [1.165, 1.54) is 0 Å². The number of halogens is 4. The Labute approximate surface area is 84.7 Å². The summed E-state index contributed by atoms with van der Waals surface area (Å²) in [5, 5.41) is 8.48. The highest BCUT2D eigenvalue weighted by molar-refractivity contribution is 9.10. The minimum Gasteiger partial charge on any atom is -0.476 e. The molecule has 3 nitrogen and oxygen atoms in total. The second-order valence-electron chi connectivity index (χ2n) is 2.29. The quantitative estimate of drug-likeness (QED) is 0.840. The Morgan fingerprint density at radius 2 is 2.14 bits per heavy atom. The van der Waals surface area contributed by atoms with Crippen molar-refractivity contribution in [2.75, 3.05) is 0 Å². The monoisotopic (exact) mass is 269 g/mol. The molecule has 0 radical (unpaired) electrons. The number of carboxylic acid groups (broad SMARTS) is 1. The van der Waals surface area contributed by atoms with Crippen LogP contribution in [-0.2, 0) is 0 Å². The number of aromatic carboxylic acids is 1. The SMILES string of the molecule is O=C(O)c1nc(Br)cc(F)c1C(F)F. The molecule has 0 saturated heterocycles. The van der Waals surface area contributed by atoms with Crippen molar-refractivity contribution in [2.45, 2.75) is 6.43 Å². The Balaban J connectivity index is 3.44. The van der Waals surface area contributed by atoms with Crippen molar-refractivity contribution in [1.82, 2.24) is 4.98 Å². The summed E-state index contributed by atoms with van der Waals surface area (Å²) in [5.41, 5.74) is -2.17. The van der Waals surface area contributed by atoms with Gasteiger partial charge >= 0.3 is 5.97 Å². The maximum atomic E-state index is 12.9. The van der Waals surface area contributed by atoms with E-state index in [2.05, 4.69) is 20.9 Å². The first kappa shape index (κ1) is 11.0. The van der Waals surface area contributed by atoms with Crippen LogP contribution in [0.5, 0.6) is 0 Å². The Hall–Kier alpha value is -1.11. The molecule has 0 spiro atoms. The van der Waals surface area contributed by atoms with Gasteiger partial charge in [0.05, 0.1) is 5.56 Å². The average Bonchev–Trinajstić information content (AvgIpc) is 2.01. The molecule has 0 unspecified atom stereocenters. The molecule has 76 valence electrons. The fourth-order valence-electron chi connectivity index (χ4n) is 0.865. The second kappa shape index (κ2) is 3.95. The third kappa shape index (κ3) is 2.03. The van der Waals surface area contributed by atoms with Gasteiger partial charge in [0.1, 0.15) is 10.4 Å². The molecule has 0 fully saturated rings. The summed E-state index contributed by atoms with van der Waals surface area (Å²) in [5.74, 6) is -2.99. The van der Waals surface area contributed by atoms with Gasteiger partial charge in [-0.1, -0.05) is 0 Å². The van der Waals surface area contributed by atoms with E-state index < -0.39 is 29.5 Å². The Morgan fingerprint density at radius 1 is 1.57 bits per heavy atom. The lowest BCUT2D eigenvalue weighted by Gasteiger charge is -2.05. The first-order chi connectivity index (χ1) is 6.43. The van der Waals surface area contributed by atoms with E-state index in [-0.39, 0.29) is 4.60 Å². The Morgan fingerprint density at radius 3 is 2.57 bits per heavy atom. The molecule has 1 rings (SSSR count). The fourth-order valence-corrected chi connectivity index (χ4v) is 1.24. The average molecular weight is 270 g/mol. The zero-order valence-corrected chi connectivity index (χ0v) is 8.06. The van der Waals surface area contributed by atoms with Crippen LogP contribution in [0.3, 0.4) is 0 Å². The Bertz CT molecular complexity index is 383. The molecule has 0 aliphatic heterocycles. The van der Waals surface area contributed by atoms with E-state index in [1.807, 2.05) is 0 Å². The van der Waals surface area contributed by atoms with Crippen LogP contribution in [0.4, 0.5) is 13.2 Å². The van der Waals surface area contributed by atoms with E-state index in [0.717, 1.165) is 0 Å². The van der Waals surface area contributed by atoms with Crippen LogP contribution in [0.25, 0.3) is 0 Å². The third-order valence-electron chi connectivity index (χ3n) is 1.40. The zero-order valence-electron chi connectivity index (χ0n) is 6.47. The molecule has 0 amide bonds. The molecule has 0 aromatic carbocycles. The van der Waals surface area contributed by atoms with Crippen molar-refractivity contribution in [3.63, 3.8) is 0 Å². The van der Waals surface area contributed by atoms with Crippen LogP contribution in [0, 0.1) is 5.82 Å². The van der Waals surface area contributed by atoms with Gasteiger partial charge in [0.2, 0.25) is 0 Å². The first-order valence-electron chi connectivity index (χ1n) is 3.31. The molecule has 1 heterocycles. The number of nitrogens with zero attached hydrogens (tertiary/aromatic N) is 1. The first-order valence-corrected chi connectivity index (χ1v) is 4.10. The second-order valence-corrected chi connectivity index (χ2v) is 3.11. The molecule has 1 aromatic heterocycles. The topological polar surface area (TPSA) is 50.2 Å². The zero-order chi connectivity index (χ0) is 10.9. The smallest absolute Gasteiger partial charge is 0.355 e. The summed E-state index contributed by atoms with van der Waals surface area (Å²) >= 11 is 2.71. The van der Waals surface area contributed by atoms with E-state index in [1.54, 1.807) is 0 Å². The molecule has 0 aliphatic rings. The highest BCUT2D eigenvalue weighted by Crippen LogP contribution is 2.26. The molecule has 0 bridgehead atoms. The van der Waals surface area contributed by atoms with Gasteiger partial charge in [-0.15, -0.1) is 0 Å². The molecule has 14 heavy (non-hydrogen) atoms. The number of carbonyl (C=O) groups is 1. The highest BCUT2D eigenvalue weighted by Gasteiger charge is 2.24.